The van der Waals surface area contributed by atoms with E-state index in [1.165, 1.54) is 0 Å². The fourth-order valence-electron chi connectivity index (χ4n) is 2.76. The molecule has 0 aliphatic carbocycles. The quantitative estimate of drug-likeness (QED) is 0.607. The van der Waals surface area contributed by atoms with Crippen molar-refractivity contribution in [3.63, 3.8) is 0 Å². The minimum atomic E-state index is 0.00528. The molecule has 0 atom stereocenters. The molecule has 0 fully saturated rings. The Morgan fingerprint density at radius 1 is 0.885 bits per heavy atom. The molecule has 2 rings (SSSR count). The van der Waals surface area contributed by atoms with Gasteiger partial charge in [-0.05, 0) is 44.9 Å². The second-order valence-corrected chi connectivity index (χ2v) is 7.52. The maximum Gasteiger partial charge on any atom is 0.233 e. The molecule has 2 aromatic rings. The summed E-state index contributed by atoms with van der Waals surface area (Å²) in [7, 11) is 0. The van der Waals surface area contributed by atoms with Crippen molar-refractivity contribution in [3.8, 4) is 0 Å². The molecule has 0 unspecified atom stereocenters. The highest BCUT2D eigenvalue weighted by atomic mass is 16.1. The van der Waals surface area contributed by atoms with Gasteiger partial charge in [-0.25, -0.2) is 0 Å². The summed E-state index contributed by atoms with van der Waals surface area (Å²) in [6.45, 7) is 8.30. The highest BCUT2D eigenvalue weighted by molar-refractivity contribution is 5.78. The third kappa shape index (κ3) is 7.38. The molecule has 4 heteroatoms. The van der Waals surface area contributed by atoms with Crippen LogP contribution in [0.1, 0.15) is 44.4 Å². The first kappa shape index (κ1) is 20.1. The standard InChI is InChI=1S/C22H31N3O/c1-22(2,3)25-16-10-15-23-20(26)17-24-21(18-11-6-4-7-12-18)19-13-8-5-9-14-19/h4-9,11-14,21,24-25H,10,15-17H2,1-3H3,(H,23,26). The predicted molar refractivity (Wildman–Crippen MR) is 108 cm³/mol. The van der Waals surface area contributed by atoms with Crippen LogP contribution in [0, 0.1) is 0 Å². The molecule has 2 aromatic carbocycles. The topological polar surface area (TPSA) is 53.2 Å². The predicted octanol–water partition coefficient (Wildman–Crippen LogP) is 3.26. The fraction of sp³-hybridized carbons (Fsp3) is 0.409. The smallest absolute Gasteiger partial charge is 0.233 e. The molecule has 0 radical (unpaired) electrons. The van der Waals surface area contributed by atoms with Crippen molar-refractivity contribution in [3.05, 3.63) is 71.8 Å². The lowest BCUT2D eigenvalue weighted by atomic mass is 9.99. The summed E-state index contributed by atoms with van der Waals surface area (Å²) in [4.78, 5) is 12.2. The van der Waals surface area contributed by atoms with E-state index in [0.29, 0.717) is 13.1 Å². The Bertz CT molecular complexity index is 611. The van der Waals surface area contributed by atoms with E-state index in [1.807, 2.05) is 36.4 Å². The van der Waals surface area contributed by atoms with Crippen molar-refractivity contribution >= 4 is 5.91 Å². The summed E-state index contributed by atoms with van der Waals surface area (Å²) in [6, 6.07) is 20.4. The molecule has 26 heavy (non-hydrogen) atoms. The molecule has 0 aliphatic rings. The van der Waals surface area contributed by atoms with Gasteiger partial charge in [0.1, 0.15) is 0 Å². The van der Waals surface area contributed by atoms with Gasteiger partial charge in [0.15, 0.2) is 0 Å². The Balaban J connectivity index is 1.83. The highest BCUT2D eigenvalue weighted by Crippen LogP contribution is 2.21. The SMILES string of the molecule is CC(C)(C)NCCCNC(=O)CNC(c1ccccc1)c1ccccc1. The average Bonchev–Trinajstić information content (AvgIpc) is 2.62. The van der Waals surface area contributed by atoms with E-state index in [4.69, 9.17) is 0 Å². The lowest BCUT2D eigenvalue weighted by molar-refractivity contribution is -0.120. The summed E-state index contributed by atoms with van der Waals surface area (Å²) < 4.78 is 0. The van der Waals surface area contributed by atoms with Crippen molar-refractivity contribution in [2.24, 2.45) is 0 Å². The number of carbonyl (C=O) groups excluding carboxylic acids is 1. The van der Waals surface area contributed by atoms with Crippen molar-refractivity contribution in [2.75, 3.05) is 19.6 Å². The van der Waals surface area contributed by atoms with Gasteiger partial charge in [-0.1, -0.05) is 60.7 Å². The molecule has 3 N–H and O–H groups in total. The van der Waals surface area contributed by atoms with Gasteiger partial charge in [0.25, 0.3) is 0 Å². The molecule has 4 nitrogen and oxygen atoms in total. The maximum absolute atomic E-state index is 12.2. The van der Waals surface area contributed by atoms with E-state index in [-0.39, 0.29) is 17.5 Å². The van der Waals surface area contributed by atoms with Crippen LogP contribution in [0.2, 0.25) is 0 Å². The van der Waals surface area contributed by atoms with Gasteiger partial charge in [-0.2, -0.15) is 0 Å². The van der Waals surface area contributed by atoms with Gasteiger partial charge in [-0.15, -0.1) is 0 Å². The second-order valence-electron chi connectivity index (χ2n) is 7.52. The summed E-state index contributed by atoms with van der Waals surface area (Å²) in [5.74, 6) is 0.0256. The third-order valence-corrected chi connectivity index (χ3v) is 4.06. The van der Waals surface area contributed by atoms with Crippen molar-refractivity contribution in [1.82, 2.24) is 16.0 Å². The molecular weight excluding hydrogens is 322 g/mol. The van der Waals surface area contributed by atoms with E-state index in [2.05, 4.69) is 61.0 Å². The van der Waals surface area contributed by atoms with E-state index in [9.17, 15) is 4.79 Å². The fourth-order valence-corrected chi connectivity index (χ4v) is 2.76. The van der Waals surface area contributed by atoms with Gasteiger partial charge >= 0.3 is 0 Å². The lowest BCUT2D eigenvalue weighted by Crippen LogP contribution is -2.39. The number of benzene rings is 2. The molecule has 1 amide bonds. The molecular formula is C22H31N3O. The molecule has 0 saturated heterocycles. The van der Waals surface area contributed by atoms with E-state index >= 15 is 0 Å². The van der Waals surface area contributed by atoms with Crippen LogP contribution < -0.4 is 16.0 Å². The Kier molecular flexibility index (Phi) is 7.82. The molecule has 0 aromatic heterocycles. The number of amides is 1. The number of nitrogens with one attached hydrogen (secondary N) is 3. The minimum absolute atomic E-state index is 0.00528. The van der Waals surface area contributed by atoms with Crippen LogP contribution in [0.5, 0.6) is 0 Å². The number of carbonyl (C=O) groups is 1. The van der Waals surface area contributed by atoms with Gasteiger partial charge in [0, 0.05) is 12.1 Å². The van der Waals surface area contributed by atoms with Crippen LogP contribution in [0.4, 0.5) is 0 Å². The van der Waals surface area contributed by atoms with E-state index in [1.54, 1.807) is 0 Å². The van der Waals surface area contributed by atoms with Gasteiger partial charge < -0.3 is 10.6 Å². The summed E-state index contributed by atoms with van der Waals surface area (Å²) in [5.41, 5.74) is 2.42. The Morgan fingerprint density at radius 3 is 1.92 bits per heavy atom. The van der Waals surface area contributed by atoms with E-state index < -0.39 is 0 Å². The Hall–Kier alpha value is -2.17. The van der Waals surface area contributed by atoms with Crippen LogP contribution in [0.3, 0.4) is 0 Å². The van der Waals surface area contributed by atoms with Crippen molar-refractivity contribution < 1.29 is 4.79 Å². The van der Waals surface area contributed by atoms with E-state index in [0.717, 1.165) is 24.1 Å². The van der Waals surface area contributed by atoms with Crippen LogP contribution in [-0.4, -0.2) is 31.1 Å². The largest absolute Gasteiger partial charge is 0.355 e. The monoisotopic (exact) mass is 353 g/mol. The number of hydrogen-bond acceptors (Lipinski definition) is 3. The Labute approximate surface area is 157 Å². The lowest BCUT2D eigenvalue weighted by Gasteiger charge is -2.21. The molecule has 0 spiro atoms. The molecule has 0 heterocycles. The van der Waals surface area contributed by atoms with Crippen LogP contribution in [-0.2, 0) is 4.79 Å². The number of rotatable bonds is 9. The Morgan fingerprint density at radius 2 is 1.42 bits per heavy atom. The van der Waals surface area contributed by atoms with Gasteiger partial charge in [-0.3, -0.25) is 10.1 Å². The zero-order valence-corrected chi connectivity index (χ0v) is 16.1. The molecule has 0 aliphatic heterocycles. The highest BCUT2D eigenvalue weighted by Gasteiger charge is 2.14. The second kappa shape index (κ2) is 10.1. The zero-order valence-electron chi connectivity index (χ0n) is 16.1. The first-order chi connectivity index (χ1) is 12.5. The third-order valence-electron chi connectivity index (χ3n) is 4.06. The minimum Gasteiger partial charge on any atom is -0.355 e. The maximum atomic E-state index is 12.2. The van der Waals surface area contributed by atoms with Crippen LogP contribution in [0.15, 0.2) is 60.7 Å². The van der Waals surface area contributed by atoms with Gasteiger partial charge in [0.05, 0.1) is 12.6 Å². The summed E-state index contributed by atoms with van der Waals surface area (Å²) in [6.07, 6.45) is 0.920. The average molecular weight is 354 g/mol. The first-order valence-electron chi connectivity index (χ1n) is 9.31. The number of hydrogen-bond donors (Lipinski definition) is 3. The van der Waals surface area contributed by atoms with Gasteiger partial charge in [0.2, 0.25) is 5.91 Å². The molecule has 140 valence electrons. The molecule has 0 bridgehead atoms. The normalized spacial score (nSPS) is 11.5. The van der Waals surface area contributed by atoms with Crippen molar-refractivity contribution in [2.45, 2.75) is 38.8 Å². The van der Waals surface area contributed by atoms with Crippen LogP contribution in [0.25, 0.3) is 0 Å². The van der Waals surface area contributed by atoms with Crippen molar-refractivity contribution in [1.29, 1.82) is 0 Å². The zero-order chi connectivity index (χ0) is 18.8. The van der Waals surface area contributed by atoms with Crippen LogP contribution >= 0.6 is 0 Å². The summed E-state index contributed by atoms with van der Waals surface area (Å²) in [5, 5.41) is 9.80. The first-order valence-corrected chi connectivity index (χ1v) is 9.31. The molecule has 0 saturated carbocycles. The summed E-state index contributed by atoms with van der Waals surface area (Å²) >= 11 is 0.